The molecule has 3 aromatic carbocycles. The third-order valence-electron chi connectivity index (χ3n) is 5.11. The number of halogens is 1. The highest BCUT2D eigenvalue weighted by Gasteiger charge is 2.17. The topological polar surface area (TPSA) is 79.9 Å². The Balaban J connectivity index is 1.64. The third kappa shape index (κ3) is 6.71. The summed E-state index contributed by atoms with van der Waals surface area (Å²) >= 11 is 0. The van der Waals surface area contributed by atoms with E-state index in [1.54, 1.807) is 36.4 Å². The number of rotatable bonds is 9. The van der Waals surface area contributed by atoms with Crippen LogP contribution in [0.5, 0.6) is 11.5 Å². The van der Waals surface area contributed by atoms with E-state index in [4.69, 9.17) is 9.47 Å². The summed E-state index contributed by atoms with van der Waals surface area (Å²) < 4.78 is 23.8. The number of urea groups is 1. The summed E-state index contributed by atoms with van der Waals surface area (Å²) in [6.45, 7) is 2.58. The number of nitrogens with zero attached hydrogens (tertiary/aromatic N) is 1. The molecule has 0 aliphatic rings. The van der Waals surface area contributed by atoms with Crippen molar-refractivity contribution in [3.8, 4) is 11.5 Å². The van der Waals surface area contributed by atoms with Crippen molar-refractivity contribution in [2.75, 3.05) is 37.5 Å². The molecule has 0 heterocycles. The monoisotopic (exact) mass is 465 g/mol. The van der Waals surface area contributed by atoms with Crippen LogP contribution in [0.1, 0.15) is 22.3 Å². The van der Waals surface area contributed by atoms with Crippen LogP contribution < -0.4 is 25.0 Å². The van der Waals surface area contributed by atoms with Crippen LogP contribution in [-0.2, 0) is 0 Å². The molecule has 3 aromatic rings. The van der Waals surface area contributed by atoms with Gasteiger partial charge in [-0.2, -0.15) is 0 Å². The average Bonchev–Trinajstić information content (AvgIpc) is 2.84. The highest BCUT2D eigenvalue weighted by molar-refractivity contribution is 6.01. The quantitative estimate of drug-likeness (QED) is 0.436. The van der Waals surface area contributed by atoms with Crippen LogP contribution in [0.3, 0.4) is 0 Å². The van der Waals surface area contributed by atoms with Crippen LogP contribution in [0.25, 0.3) is 0 Å². The number of hydrogen-bond donors (Lipinski definition) is 2. The Morgan fingerprint density at radius 1 is 0.941 bits per heavy atom. The number of methoxy groups -OCH3 is 2. The molecule has 8 heteroatoms. The van der Waals surface area contributed by atoms with Gasteiger partial charge in [0.25, 0.3) is 5.91 Å². The molecule has 0 saturated carbocycles. The predicted molar refractivity (Wildman–Crippen MR) is 130 cm³/mol. The number of anilines is 2. The van der Waals surface area contributed by atoms with E-state index in [2.05, 4.69) is 10.6 Å². The minimum absolute atomic E-state index is 0.283. The van der Waals surface area contributed by atoms with Gasteiger partial charge < -0.3 is 20.1 Å². The van der Waals surface area contributed by atoms with Gasteiger partial charge in [0.05, 0.1) is 14.2 Å². The molecule has 0 unspecified atom stereocenters. The van der Waals surface area contributed by atoms with Gasteiger partial charge in [0.1, 0.15) is 17.3 Å². The van der Waals surface area contributed by atoms with Gasteiger partial charge in [0, 0.05) is 36.1 Å². The molecule has 0 bridgehead atoms. The van der Waals surface area contributed by atoms with Gasteiger partial charge in [-0.1, -0.05) is 12.1 Å². The van der Waals surface area contributed by atoms with Gasteiger partial charge >= 0.3 is 6.03 Å². The first-order valence-electron chi connectivity index (χ1n) is 10.8. The number of ether oxygens (including phenoxy) is 2. The lowest BCUT2D eigenvalue weighted by Gasteiger charge is -2.23. The van der Waals surface area contributed by atoms with Crippen LogP contribution in [0.15, 0.2) is 66.7 Å². The average molecular weight is 466 g/mol. The second-order valence-electron chi connectivity index (χ2n) is 7.64. The van der Waals surface area contributed by atoms with Crippen molar-refractivity contribution >= 4 is 23.3 Å². The number of aryl methyl sites for hydroxylation is 1. The molecule has 0 aliphatic carbocycles. The van der Waals surface area contributed by atoms with Crippen molar-refractivity contribution in [3.05, 3.63) is 83.7 Å². The third-order valence-corrected chi connectivity index (χ3v) is 5.11. The van der Waals surface area contributed by atoms with Crippen molar-refractivity contribution in [1.29, 1.82) is 0 Å². The van der Waals surface area contributed by atoms with E-state index in [-0.39, 0.29) is 17.8 Å². The zero-order valence-corrected chi connectivity index (χ0v) is 19.4. The molecule has 2 N–H and O–H groups in total. The number of benzene rings is 3. The smallest absolute Gasteiger partial charge is 0.326 e. The molecule has 0 aromatic heterocycles. The van der Waals surface area contributed by atoms with Gasteiger partial charge in [-0.3, -0.25) is 9.69 Å². The lowest BCUT2D eigenvalue weighted by atomic mass is 10.2. The number of nitrogens with one attached hydrogen (secondary N) is 2. The number of hydrogen-bond acceptors (Lipinski definition) is 4. The van der Waals surface area contributed by atoms with Gasteiger partial charge in [0.15, 0.2) is 0 Å². The van der Waals surface area contributed by atoms with E-state index in [9.17, 15) is 14.0 Å². The Bertz CT molecular complexity index is 1110. The van der Waals surface area contributed by atoms with E-state index in [1.165, 1.54) is 31.3 Å². The molecule has 0 saturated heterocycles. The molecular weight excluding hydrogens is 437 g/mol. The second kappa shape index (κ2) is 11.7. The van der Waals surface area contributed by atoms with Crippen molar-refractivity contribution in [2.24, 2.45) is 0 Å². The maximum atomic E-state index is 13.4. The van der Waals surface area contributed by atoms with Gasteiger partial charge in [-0.05, 0) is 67.4 Å². The summed E-state index contributed by atoms with van der Waals surface area (Å²) in [5.41, 5.74) is 2.64. The van der Waals surface area contributed by atoms with Gasteiger partial charge in [-0.25, -0.2) is 9.18 Å². The maximum Gasteiger partial charge on any atom is 0.326 e. The van der Waals surface area contributed by atoms with Crippen molar-refractivity contribution in [3.63, 3.8) is 0 Å². The van der Waals surface area contributed by atoms with Crippen LogP contribution in [0.2, 0.25) is 0 Å². The van der Waals surface area contributed by atoms with Crippen molar-refractivity contribution < 1.29 is 23.5 Å². The fourth-order valence-electron chi connectivity index (χ4n) is 3.36. The van der Waals surface area contributed by atoms with Crippen LogP contribution >= 0.6 is 0 Å². The normalized spacial score (nSPS) is 10.4. The molecule has 7 nitrogen and oxygen atoms in total. The summed E-state index contributed by atoms with van der Waals surface area (Å²) in [7, 11) is 3.03. The summed E-state index contributed by atoms with van der Waals surface area (Å²) in [6.07, 6.45) is 0.478. The first-order valence-corrected chi connectivity index (χ1v) is 10.8. The molecular formula is C26H28FN3O4. The van der Waals surface area contributed by atoms with Crippen LogP contribution in [0.4, 0.5) is 20.6 Å². The van der Waals surface area contributed by atoms with E-state index < -0.39 is 0 Å². The maximum absolute atomic E-state index is 13.4. The Kier molecular flexibility index (Phi) is 8.45. The lowest BCUT2D eigenvalue weighted by molar-refractivity contribution is 0.0952. The van der Waals surface area contributed by atoms with Crippen LogP contribution in [-0.4, -0.2) is 39.2 Å². The Hall–Kier alpha value is -4.07. The Labute approximate surface area is 198 Å². The standard InChI is InChI=1S/C26H28FN3O4/c1-18-6-4-7-21(14-18)29-26(32)30(22-10-8-20(27)9-11-22)13-5-12-28-25(31)19-15-23(33-2)17-24(16-19)34-3/h4,6-11,14-17H,5,12-13H2,1-3H3,(H,28,31)(H,29,32). The fraction of sp³-hybridized carbons (Fsp3) is 0.231. The number of carbonyl (C=O) groups excluding carboxylic acids is 2. The summed E-state index contributed by atoms with van der Waals surface area (Å²) in [4.78, 5) is 27.1. The van der Waals surface area contributed by atoms with Crippen molar-refractivity contribution in [1.82, 2.24) is 5.32 Å². The fourth-order valence-corrected chi connectivity index (χ4v) is 3.36. The van der Waals surface area contributed by atoms with Crippen molar-refractivity contribution in [2.45, 2.75) is 13.3 Å². The first-order chi connectivity index (χ1) is 16.4. The van der Waals surface area contributed by atoms with Crippen LogP contribution in [0, 0.1) is 12.7 Å². The number of amides is 3. The molecule has 178 valence electrons. The molecule has 0 fully saturated rings. The highest BCUT2D eigenvalue weighted by atomic mass is 19.1. The van der Waals surface area contributed by atoms with E-state index >= 15 is 0 Å². The molecule has 0 radical (unpaired) electrons. The lowest BCUT2D eigenvalue weighted by Crippen LogP contribution is -2.37. The van der Waals surface area contributed by atoms with E-state index in [0.29, 0.717) is 47.9 Å². The summed E-state index contributed by atoms with van der Waals surface area (Å²) in [5.74, 6) is 0.359. The van der Waals surface area contributed by atoms with Gasteiger partial charge in [-0.15, -0.1) is 0 Å². The zero-order valence-electron chi connectivity index (χ0n) is 19.4. The Morgan fingerprint density at radius 2 is 1.62 bits per heavy atom. The SMILES string of the molecule is COc1cc(OC)cc(C(=O)NCCCN(C(=O)Nc2cccc(C)c2)c2ccc(F)cc2)c1. The Morgan fingerprint density at radius 3 is 2.24 bits per heavy atom. The molecule has 0 atom stereocenters. The minimum Gasteiger partial charge on any atom is -0.497 e. The second-order valence-corrected chi connectivity index (χ2v) is 7.64. The molecule has 3 amide bonds. The molecule has 0 aliphatic heterocycles. The first kappa shape index (κ1) is 24.6. The molecule has 0 spiro atoms. The number of carbonyl (C=O) groups is 2. The summed E-state index contributed by atoms with van der Waals surface area (Å²) in [5, 5.41) is 5.72. The summed E-state index contributed by atoms with van der Waals surface area (Å²) in [6, 6.07) is 17.8. The highest BCUT2D eigenvalue weighted by Crippen LogP contribution is 2.22. The molecule has 34 heavy (non-hydrogen) atoms. The predicted octanol–water partition coefficient (Wildman–Crippen LogP) is 5.01. The van der Waals surface area contributed by atoms with E-state index in [0.717, 1.165) is 5.56 Å². The zero-order chi connectivity index (χ0) is 24.5. The van der Waals surface area contributed by atoms with E-state index in [1.807, 2.05) is 25.1 Å². The largest absolute Gasteiger partial charge is 0.497 e. The molecule has 3 rings (SSSR count). The van der Waals surface area contributed by atoms with Gasteiger partial charge in [0.2, 0.25) is 0 Å². The minimum atomic E-state index is -0.385.